The molecule has 12 nitrogen and oxygen atoms in total. The van der Waals surface area contributed by atoms with Gasteiger partial charge in [0.1, 0.15) is 0 Å². The van der Waals surface area contributed by atoms with Crippen LogP contribution in [0.15, 0.2) is 59.7 Å². The van der Waals surface area contributed by atoms with Crippen molar-refractivity contribution in [2.24, 2.45) is 0 Å². The normalized spacial score (nSPS) is 8.53. The Balaban J connectivity index is -0.000000426. The Kier molecular flexibility index (Phi) is 14.4. The van der Waals surface area contributed by atoms with E-state index in [1.54, 1.807) is 17.4 Å². The quantitative estimate of drug-likeness (QED) is 0.165. The molecule has 0 spiro atoms. The molecule has 0 aliphatic heterocycles. The Morgan fingerprint density at radius 1 is 0.900 bits per heavy atom. The van der Waals surface area contributed by atoms with Crippen LogP contribution in [0.4, 0.5) is 0 Å². The zero-order chi connectivity index (χ0) is 17.8. The molecule has 13 heteroatoms. The third-order valence-corrected chi connectivity index (χ3v) is 3.27. The summed E-state index contributed by atoms with van der Waals surface area (Å²) in [6.45, 7) is 0. The Bertz CT molecular complexity index is 1080. The van der Waals surface area contributed by atoms with Crippen LogP contribution in [0.25, 0.3) is 21.8 Å². The van der Waals surface area contributed by atoms with Crippen LogP contribution >= 0.6 is 0 Å². The molecule has 4 rings (SSSR count). The summed E-state index contributed by atoms with van der Waals surface area (Å²) in [5, 5.41) is 22.7. The molecule has 0 fully saturated rings. The van der Waals surface area contributed by atoms with Crippen molar-refractivity contribution in [3.8, 4) is 6.01 Å². The number of nitrogens with one attached hydrogen (secondary N) is 1. The number of carbonyl (C=O) groups is 1. The predicted octanol–water partition coefficient (Wildman–Crippen LogP) is -3.51. The number of hydrogen-bond acceptors (Lipinski definition) is 7. The van der Waals surface area contributed by atoms with Crippen molar-refractivity contribution in [3.63, 3.8) is 0 Å². The number of aromatic amines is 1. The van der Waals surface area contributed by atoms with Crippen molar-refractivity contribution in [1.29, 1.82) is 0 Å². The van der Waals surface area contributed by atoms with Crippen LogP contribution < -0.4 is 15.8 Å². The van der Waals surface area contributed by atoms with E-state index in [4.69, 9.17) is 0 Å². The number of rotatable bonds is 1. The molecule has 3 aromatic heterocycles. The van der Waals surface area contributed by atoms with E-state index in [-0.39, 0.29) is 41.4 Å². The van der Waals surface area contributed by atoms with Gasteiger partial charge in [-0.3, -0.25) is 14.8 Å². The van der Waals surface area contributed by atoms with Crippen molar-refractivity contribution in [2.45, 2.75) is 0 Å². The number of carboxylic acids is 1. The molecule has 4 aromatic rings. The molecule has 0 aliphatic carbocycles. The van der Waals surface area contributed by atoms with Crippen LogP contribution in [0.2, 0.25) is 0 Å². The zero-order valence-electron chi connectivity index (χ0n) is 15.5. The molecule has 0 atom stereocenters. The van der Waals surface area contributed by atoms with Gasteiger partial charge in [0.2, 0.25) is 0 Å². The molecule has 0 radical (unpaired) electrons. The molecule has 30 heavy (non-hydrogen) atoms. The fraction of sp³-hybridized carbons (Fsp3) is 0. The van der Waals surface area contributed by atoms with Gasteiger partial charge < -0.3 is 41.9 Å². The molecule has 3 heterocycles. The van der Waals surface area contributed by atoms with Gasteiger partial charge in [-0.1, -0.05) is 24.3 Å². The Labute approximate surface area is 181 Å². The minimum atomic E-state index is -1.65. The standard InChI is InChI=1S/C12H8N2.C5H4N2O4.4H2O.Zn/c1-3-9-5-6-10-4-2-8-14-12(10)11(9)13-7-1;8-3-1-2(4(9)10)6-5(11)7-3;;;;;/h1-8H;1H,(H,9,10)(H2,6,7,8,11);4*1H2;/q;;;;;;+2. The molecule has 0 amide bonds. The smallest absolute Gasteiger partial charge is 0.846 e. The summed E-state index contributed by atoms with van der Waals surface area (Å²) in [4.78, 5) is 33.9. The van der Waals surface area contributed by atoms with E-state index in [2.05, 4.69) is 39.2 Å². The zero-order valence-corrected chi connectivity index (χ0v) is 18.5. The van der Waals surface area contributed by atoms with E-state index in [1.807, 2.05) is 12.1 Å². The third kappa shape index (κ3) is 7.24. The topological polar surface area (TPSA) is 264 Å². The number of fused-ring (bicyclic) bond motifs is 3. The second-order valence-electron chi connectivity index (χ2n) is 4.94. The van der Waals surface area contributed by atoms with Crippen LogP contribution in [0.1, 0.15) is 10.5 Å². The fourth-order valence-electron chi connectivity index (χ4n) is 2.22. The average molecular weight is 474 g/mol. The SMILES string of the molecule is O.O.O=C([O-])c1cc(=O)[nH]c([O-])n1.[OH3+].[OH3+].[Zn+2].c1cnc2c(c1)ccc1cccnc12. The summed E-state index contributed by atoms with van der Waals surface area (Å²) in [6.07, 6.45) is 3.60. The van der Waals surface area contributed by atoms with Crippen molar-refractivity contribution in [3.05, 3.63) is 70.9 Å². The van der Waals surface area contributed by atoms with Gasteiger partial charge >= 0.3 is 19.5 Å². The van der Waals surface area contributed by atoms with Crippen molar-refractivity contribution in [1.82, 2.24) is 19.9 Å². The van der Waals surface area contributed by atoms with Gasteiger partial charge in [-0.15, -0.1) is 0 Å². The van der Waals surface area contributed by atoms with E-state index in [9.17, 15) is 19.8 Å². The third-order valence-electron chi connectivity index (χ3n) is 3.27. The molecule has 0 aliphatic rings. The molecule has 0 unspecified atom stereocenters. The number of benzene rings is 1. The maximum absolute atomic E-state index is 10.4. The van der Waals surface area contributed by atoms with Crippen LogP contribution in [0, 0.1) is 0 Å². The summed E-state index contributed by atoms with van der Waals surface area (Å²) in [5.74, 6) is -1.65. The van der Waals surface area contributed by atoms with Crippen molar-refractivity contribution < 1.29 is 56.4 Å². The monoisotopic (exact) mass is 472 g/mol. The van der Waals surface area contributed by atoms with Gasteiger partial charge in [-0.2, -0.15) is 0 Å². The van der Waals surface area contributed by atoms with Gasteiger partial charge in [0.15, 0.2) is 0 Å². The minimum absolute atomic E-state index is 0. The summed E-state index contributed by atoms with van der Waals surface area (Å²) in [5.41, 5.74) is 0.499. The van der Waals surface area contributed by atoms with Gasteiger partial charge in [-0.05, 0) is 12.1 Å². The van der Waals surface area contributed by atoms with Crippen LogP contribution in [0.5, 0.6) is 6.01 Å². The van der Waals surface area contributed by atoms with E-state index >= 15 is 0 Å². The first-order chi connectivity index (χ1) is 12.0. The largest absolute Gasteiger partial charge is 2.00 e. The van der Waals surface area contributed by atoms with Crippen molar-refractivity contribution in [2.75, 3.05) is 0 Å². The molecule has 11 N–H and O–H groups in total. The first kappa shape index (κ1) is 31.4. The molecule has 0 bridgehead atoms. The summed E-state index contributed by atoms with van der Waals surface area (Å²) in [6, 6.07) is 11.8. The number of carboxylic acid groups (broad SMARTS) is 1. The summed E-state index contributed by atoms with van der Waals surface area (Å²) < 4.78 is 0. The number of hydrogen-bond donors (Lipinski definition) is 1. The van der Waals surface area contributed by atoms with Gasteiger partial charge in [-0.25, -0.2) is 4.98 Å². The van der Waals surface area contributed by atoms with Crippen molar-refractivity contribution >= 4 is 27.8 Å². The molecular weight excluding hydrogens is 454 g/mol. The molecule has 156 valence electrons. The molecular formula is C17H20N4O8Zn+2. The number of carbonyl (C=O) groups excluding carboxylic acids is 1. The number of aromatic carboxylic acids is 1. The molecule has 0 saturated heterocycles. The van der Waals surface area contributed by atoms with Gasteiger partial charge in [0, 0.05) is 29.2 Å². The van der Waals surface area contributed by atoms with Crippen LogP contribution in [0.3, 0.4) is 0 Å². The van der Waals surface area contributed by atoms with E-state index in [1.165, 1.54) is 0 Å². The van der Waals surface area contributed by atoms with Crippen LogP contribution in [-0.2, 0) is 30.4 Å². The predicted molar refractivity (Wildman–Crippen MR) is 103 cm³/mol. The first-order valence-electron chi connectivity index (χ1n) is 7.13. The average Bonchev–Trinajstić information content (AvgIpc) is 2.61. The summed E-state index contributed by atoms with van der Waals surface area (Å²) in [7, 11) is 0. The second-order valence-corrected chi connectivity index (χ2v) is 4.94. The fourth-order valence-corrected chi connectivity index (χ4v) is 2.22. The Morgan fingerprint density at radius 2 is 1.37 bits per heavy atom. The minimum Gasteiger partial charge on any atom is -0.846 e. The maximum Gasteiger partial charge on any atom is 2.00 e. The van der Waals surface area contributed by atoms with Crippen LogP contribution in [-0.4, -0.2) is 36.9 Å². The molecule has 1 aromatic carbocycles. The molecule has 0 saturated carbocycles. The number of aromatic nitrogens is 4. The Hall–Kier alpha value is -3.35. The number of H-pyrrole nitrogens is 1. The Morgan fingerprint density at radius 3 is 1.77 bits per heavy atom. The van der Waals surface area contributed by atoms with E-state index in [0.29, 0.717) is 6.07 Å². The summed E-state index contributed by atoms with van der Waals surface area (Å²) >= 11 is 0. The van der Waals surface area contributed by atoms with Gasteiger partial charge in [0.25, 0.3) is 5.56 Å². The van der Waals surface area contributed by atoms with Gasteiger partial charge in [0.05, 0.1) is 28.7 Å². The first-order valence-corrected chi connectivity index (χ1v) is 7.13. The van der Waals surface area contributed by atoms with E-state index in [0.717, 1.165) is 21.8 Å². The number of nitrogens with zero attached hydrogens (tertiary/aromatic N) is 3. The second kappa shape index (κ2) is 13.8. The van der Waals surface area contributed by atoms with E-state index < -0.39 is 23.2 Å². The number of pyridine rings is 2. The maximum atomic E-state index is 10.4.